The summed E-state index contributed by atoms with van der Waals surface area (Å²) < 4.78 is 6.90. The number of amides is 1. The molecule has 0 saturated heterocycles. The molecule has 0 spiro atoms. The summed E-state index contributed by atoms with van der Waals surface area (Å²) in [5.74, 6) is 0.522. The SMILES string of the molecule is O=C(Cn1ccccc1=O)N/N=C\c1ccc(-c2cc(Cl)ccc2Cl)o1. The quantitative estimate of drug-likeness (QED) is 0.535. The number of nitrogens with one attached hydrogen (secondary N) is 1. The Balaban J connectivity index is 1.64. The maximum absolute atomic E-state index is 11.8. The Morgan fingerprint density at radius 1 is 1.19 bits per heavy atom. The number of hydrogen-bond acceptors (Lipinski definition) is 4. The van der Waals surface area contributed by atoms with Gasteiger partial charge >= 0.3 is 0 Å². The number of hydrogen-bond donors (Lipinski definition) is 1. The van der Waals surface area contributed by atoms with Gasteiger partial charge in [0.25, 0.3) is 11.5 Å². The average molecular weight is 390 g/mol. The van der Waals surface area contributed by atoms with Gasteiger partial charge in [-0.05, 0) is 36.4 Å². The molecule has 0 aliphatic heterocycles. The molecule has 1 amide bonds. The molecule has 3 rings (SSSR count). The van der Waals surface area contributed by atoms with E-state index in [1.54, 1.807) is 42.5 Å². The molecule has 0 atom stereocenters. The van der Waals surface area contributed by atoms with Gasteiger partial charge in [0.05, 0.1) is 11.2 Å². The number of pyridine rings is 1. The highest BCUT2D eigenvalue weighted by Gasteiger charge is 2.09. The first-order valence-corrected chi connectivity index (χ1v) is 8.31. The van der Waals surface area contributed by atoms with Gasteiger partial charge in [-0.25, -0.2) is 5.43 Å². The van der Waals surface area contributed by atoms with Gasteiger partial charge in [0, 0.05) is 22.8 Å². The molecule has 8 heteroatoms. The van der Waals surface area contributed by atoms with Gasteiger partial charge in [-0.15, -0.1) is 0 Å². The van der Waals surface area contributed by atoms with Crippen molar-refractivity contribution in [1.29, 1.82) is 0 Å². The van der Waals surface area contributed by atoms with Gasteiger partial charge in [-0.1, -0.05) is 29.3 Å². The van der Waals surface area contributed by atoms with E-state index in [9.17, 15) is 9.59 Å². The summed E-state index contributed by atoms with van der Waals surface area (Å²) in [4.78, 5) is 23.4. The first-order valence-electron chi connectivity index (χ1n) is 7.55. The number of carbonyl (C=O) groups is 1. The van der Waals surface area contributed by atoms with Crippen LogP contribution in [0.1, 0.15) is 5.76 Å². The molecule has 0 fully saturated rings. The number of nitrogens with zero attached hydrogens (tertiary/aromatic N) is 2. The lowest BCUT2D eigenvalue weighted by Crippen LogP contribution is -2.28. The Hall–Kier alpha value is -2.83. The molecule has 1 aromatic carbocycles. The van der Waals surface area contributed by atoms with Gasteiger partial charge < -0.3 is 8.98 Å². The summed E-state index contributed by atoms with van der Waals surface area (Å²) in [6.45, 7) is -0.126. The third-order valence-electron chi connectivity index (χ3n) is 3.41. The highest BCUT2D eigenvalue weighted by Crippen LogP contribution is 2.31. The van der Waals surface area contributed by atoms with Crippen LogP contribution in [0.3, 0.4) is 0 Å². The molecule has 0 aliphatic carbocycles. The van der Waals surface area contributed by atoms with Crippen LogP contribution in [0.5, 0.6) is 0 Å². The second kappa shape index (κ2) is 8.03. The lowest BCUT2D eigenvalue weighted by molar-refractivity contribution is -0.121. The number of aromatic nitrogens is 1. The van der Waals surface area contributed by atoms with E-state index < -0.39 is 5.91 Å². The van der Waals surface area contributed by atoms with Crippen LogP contribution in [0, 0.1) is 0 Å². The van der Waals surface area contributed by atoms with E-state index in [0.717, 1.165) is 0 Å². The average Bonchev–Trinajstić information content (AvgIpc) is 3.08. The molecular weight excluding hydrogens is 377 g/mol. The predicted octanol–water partition coefficient (Wildman–Crippen LogP) is 3.57. The summed E-state index contributed by atoms with van der Waals surface area (Å²) >= 11 is 12.1. The van der Waals surface area contributed by atoms with E-state index in [1.807, 2.05) is 0 Å². The second-order valence-corrected chi connectivity index (χ2v) is 6.13. The Bertz CT molecular complexity index is 1020. The van der Waals surface area contributed by atoms with Crippen molar-refractivity contribution < 1.29 is 9.21 Å². The number of benzene rings is 1. The van der Waals surface area contributed by atoms with Crippen molar-refractivity contribution in [2.75, 3.05) is 0 Å². The van der Waals surface area contributed by atoms with Crippen molar-refractivity contribution in [3.05, 3.63) is 80.9 Å². The Kier molecular flexibility index (Phi) is 5.55. The van der Waals surface area contributed by atoms with Crippen molar-refractivity contribution in [1.82, 2.24) is 9.99 Å². The molecule has 0 radical (unpaired) electrons. The number of carbonyl (C=O) groups excluding carboxylic acids is 1. The minimum atomic E-state index is -0.431. The Labute approximate surface area is 158 Å². The normalized spacial score (nSPS) is 11.0. The molecule has 132 valence electrons. The zero-order chi connectivity index (χ0) is 18.5. The third kappa shape index (κ3) is 4.41. The molecule has 26 heavy (non-hydrogen) atoms. The van der Waals surface area contributed by atoms with Crippen LogP contribution in [0.15, 0.2) is 69.0 Å². The fourth-order valence-electron chi connectivity index (χ4n) is 2.20. The fraction of sp³-hybridized carbons (Fsp3) is 0.0556. The molecule has 0 bridgehead atoms. The monoisotopic (exact) mass is 389 g/mol. The van der Waals surface area contributed by atoms with Crippen molar-refractivity contribution in [3.63, 3.8) is 0 Å². The van der Waals surface area contributed by atoms with E-state index in [0.29, 0.717) is 27.1 Å². The van der Waals surface area contributed by atoms with Gasteiger partial charge in [0.15, 0.2) is 0 Å². The lowest BCUT2D eigenvalue weighted by Gasteiger charge is -2.02. The van der Waals surface area contributed by atoms with Crippen molar-refractivity contribution in [2.24, 2.45) is 5.10 Å². The molecule has 1 N–H and O–H groups in total. The van der Waals surface area contributed by atoms with Crippen molar-refractivity contribution >= 4 is 35.3 Å². The zero-order valence-corrected chi connectivity index (χ0v) is 14.9. The third-order valence-corrected chi connectivity index (χ3v) is 3.98. The first kappa shape index (κ1) is 18.0. The summed E-state index contributed by atoms with van der Waals surface area (Å²) in [6, 6.07) is 13.1. The summed E-state index contributed by atoms with van der Waals surface area (Å²) in [7, 11) is 0. The maximum atomic E-state index is 11.8. The van der Waals surface area contributed by atoms with Gasteiger partial charge in [-0.3, -0.25) is 9.59 Å². The van der Waals surface area contributed by atoms with Gasteiger partial charge in [0.1, 0.15) is 18.1 Å². The van der Waals surface area contributed by atoms with Crippen molar-refractivity contribution in [2.45, 2.75) is 6.54 Å². The van der Waals surface area contributed by atoms with Crippen LogP contribution in [0.25, 0.3) is 11.3 Å². The molecule has 2 aromatic heterocycles. The van der Waals surface area contributed by atoms with Crippen molar-refractivity contribution in [3.8, 4) is 11.3 Å². The number of rotatable bonds is 5. The van der Waals surface area contributed by atoms with E-state index >= 15 is 0 Å². The topological polar surface area (TPSA) is 76.6 Å². The van der Waals surface area contributed by atoms with E-state index in [-0.39, 0.29) is 12.1 Å². The number of halogens is 2. The first-order chi connectivity index (χ1) is 12.5. The molecule has 0 aliphatic rings. The maximum Gasteiger partial charge on any atom is 0.260 e. The number of hydrazone groups is 1. The zero-order valence-electron chi connectivity index (χ0n) is 13.4. The lowest BCUT2D eigenvalue weighted by atomic mass is 10.2. The van der Waals surface area contributed by atoms with Gasteiger partial charge in [0.2, 0.25) is 0 Å². The molecule has 2 heterocycles. The predicted molar refractivity (Wildman–Crippen MR) is 101 cm³/mol. The fourth-order valence-corrected chi connectivity index (χ4v) is 2.59. The van der Waals surface area contributed by atoms with E-state index in [1.165, 1.54) is 23.0 Å². The number of furan rings is 1. The Morgan fingerprint density at radius 2 is 2.04 bits per heavy atom. The smallest absolute Gasteiger partial charge is 0.260 e. The molecule has 0 saturated carbocycles. The summed E-state index contributed by atoms with van der Waals surface area (Å²) in [5, 5.41) is 4.87. The summed E-state index contributed by atoms with van der Waals surface area (Å²) in [6.07, 6.45) is 2.88. The van der Waals surface area contributed by atoms with Crippen LogP contribution in [0.4, 0.5) is 0 Å². The van der Waals surface area contributed by atoms with Crippen LogP contribution >= 0.6 is 23.2 Å². The molecule has 3 aromatic rings. The van der Waals surface area contributed by atoms with Crippen LogP contribution < -0.4 is 11.0 Å². The minimum absolute atomic E-state index is 0.126. The van der Waals surface area contributed by atoms with E-state index in [2.05, 4.69) is 10.5 Å². The largest absolute Gasteiger partial charge is 0.455 e. The minimum Gasteiger partial charge on any atom is -0.455 e. The highest BCUT2D eigenvalue weighted by molar-refractivity contribution is 6.35. The second-order valence-electron chi connectivity index (χ2n) is 5.29. The van der Waals surface area contributed by atoms with Gasteiger partial charge in [-0.2, -0.15) is 5.10 Å². The van der Waals surface area contributed by atoms with Crippen LogP contribution in [-0.2, 0) is 11.3 Å². The van der Waals surface area contributed by atoms with E-state index in [4.69, 9.17) is 27.6 Å². The summed E-state index contributed by atoms with van der Waals surface area (Å²) in [5.41, 5.74) is 2.74. The molecule has 6 nitrogen and oxygen atoms in total. The Morgan fingerprint density at radius 3 is 2.85 bits per heavy atom. The van der Waals surface area contributed by atoms with Crippen LogP contribution in [-0.4, -0.2) is 16.7 Å². The standard InChI is InChI=1S/C18H13Cl2N3O3/c19-12-4-6-15(20)14(9-12)16-7-5-13(26-16)10-21-22-17(24)11-23-8-2-1-3-18(23)25/h1-10H,11H2,(H,22,24)/b21-10-. The molecule has 0 unspecified atom stereocenters. The van der Waals surface area contributed by atoms with Crippen LogP contribution in [0.2, 0.25) is 10.0 Å². The highest BCUT2D eigenvalue weighted by atomic mass is 35.5. The molecular formula is C18H13Cl2N3O3.